The third-order valence-corrected chi connectivity index (χ3v) is 3.26. The molecule has 7 heteroatoms. The van der Waals surface area contributed by atoms with Crippen molar-refractivity contribution in [2.75, 3.05) is 13.1 Å². The maximum absolute atomic E-state index is 12.2. The molecule has 0 spiro atoms. The first-order valence-electron chi connectivity index (χ1n) is 5.79. The Balaban J connectivity index is 1.73. The van der Waals surface area contributed by atoms with Crippen LogP contribution in [0.1, 0.15) is 28.7 Å². The number of likely N-dealkylation sites (tertiary alicyclic amines) is 1. The fourth-order valence-corrected chi connectivity index (χ4v) is 2.26. The standard InChI is InChI=1S/C11H13N5O2/c1-15-9(2-4-13-15)11(17)16-5-3-8(6-16)10-12-7-18-14-10/h2,4,7-8H,3,5-6H2,1H3/t8-/m0/s1. The highest BCUT2D eigenvalue weighted by Crippen LogP contribution is 2.25. The maximum atomic E-state index is 12.2. The number of hydrogen-bond donors (Lipinski definition) is 0. The van der Waals surface area contributed by atoms with Gasteiger partial charge in [-0.2, -0.15) is 10.1 Å². The van der Waals surface area contributed by atoms with E-state index >= 15 is 0 Å². The molecule has 1 aliphatic heterocycles. The zero-order chi connectivity index (χ0) is 12.5. The van der Waals surface area contributed by atoms with Gasteiger partial charge in [0.05, 0.1) is 0 Å². The van der Waals surface area contributed by atoms with Crippen LogP contribution in [0.15, 0.2) is 23.2 Å². The molecule has 1 aliphatic rings. The highest BCUT2D eigenvalue weighted by molar-refractivity contribution is 5.92. The lowest BCUT2D eigenvalue weighted by molar-refractivity contribution is 0.0779. The molecular formula is C11H13N5O2. The lowest BCUT2D eigenvalue weighted by Crippen LogP contribution is -2.30. The number of hydrogen-bond acceptors (Lipinski definition) is 5. The van der Waals surface area contributed by atoms with Crippen molar-refractivity contribution < 1.29 is 9.32 Å². The second-order valence-corrected chi connectivity index (χ2v) is 4.37. The average Bonchev–Trinajstić information content (AvgIpc) is 3.09. The molecule has 0 saturated carbocycles. The lowest BCUT2D eigenvalue weighted by atomic mass is 10.1. The minimum Gasteiger partial charge on any atom is -0.343 e. The molecule has 3 rings (SSSR count). The molecule has 1 fully saturated rings. The van der Waals surface area contributed by atoms with Crippen LogP contribution < -0.4 is 0 Å². The maximum Gasteiger partial charge on any atom is 0.272 e. The van der Waals surface area contributed by atoms with Gasteiger partial charge in [-0.05, 0) is 12.5 Å². The first-order chi connectivity index (χ1) is 8.75. The van der Waals surface area contributed by atoms with Crippen molar-refractivity contribution >= 4 is 5.91 Å². The third-order valence-electron chi connectivity index (χ3n) is 3.26. The topological polar surface area (TPSA) is 77.0 Å². The molecule has 0 bridgehead atoms. The third kappa shape index (κ3) is 1.77. The second-order valence-electron chi connectivity index (χ2n) is 4.37. The lowest BCUT2D eigenvalue weighted by Gasteiger charge is -2.15. The van der Waals surface area contributed by atoms with Gasteiger partial charge in [-0.1, -0.05) is 5.16 Å². The van der Waals surface area contributed by atoms with E-state index in [1.807, 2.05) is 0 Å². The number of aromatic nitrogens is 4. The highest BCUT2D eigenvalue weighted by Gasteiger charge is 2.31. The Morgan fingerprint density at radius 3 is 3.11 bits per heavy atom. The molecule has 18 heavy (non-hydrogen) atoms. The monoisotopic (exact) mass is 247 g/mol. The summed E-state index contributed by atoms with van der Waals surface area (Å²) in [6.07, 6.45) is 3.81. The van der Waals surface area contributed by atoms with Crippen molar-refractivity contribution in [2.24, 2.45) is 7.05 Å². The van der Waals surface area contributed by atoms with Crippen LogP contribution >= 0.6 is 0 Å². The molecule has 0 aliphatic carbocycles. The van der Waals surface area contributed by atoms with Crippen LogP contribution in [0.3, 0.4) is 0 Å². The van der Waals surface area contributed by atoms with Crippen molar-refractivity contribution in [3.05, 3.63) is 30.2 Å². The van der Waals surface area contributed by atoms with Crippen LogP contribution in [0.5, 0.6) is 0 Å². The summed E-state index contributed by atoms with van der Waals surface area (Å²) in [4.78, 5) is 18.1. The van der Waals surface area contributed by atoms with Crippen LogP contribution in [0.25, 0.3) is 0 Å². The molecule has 0 radical (unpaired) electrons. The van der Waals surface area contributed by atoms with Crippen LogP contribution in [0.2, 0.25) is 0 Å². The Morgan fingerprint density at radius 1 is 1.56 bits per heavy atom. The van der Waals surface area contributed by atoms with Gasteiger partial charge < -0.3 is 9.42 Å². The van der Waals surface area contributed by atoms with E-state index in [1.54, 1.807) is 28.9 Å². The summed E-state index contributed by atoms with van der Waals surface area (Å²) in [7, 11) is 1.76. The predicted octanol–water partition coefficient (Wildman–Crippen LogP) is 0.433. The van der Waals surface area contributed by atoms with E-state index in [9.17, 15) is 4.79 Å². The molecule has 2 aromatic heterocycles. The molecule has 0 N–H and O–H groups in total. The minimum absolute atomic E-state index is 0.000921. The summed E-state index contributed by atoms with van der Waals surface area (Å²) >= 11 is 0. The molecule has 1 atom stereocenters. The minimum atomic E-state index is 0.000921. The Morgan fingerprint density at radius 2 is 2.44 bits per heavy atom. The van der Waals surface area contributed by atoms with Gasteiger partial charge in [-0.25, -0.2) is 0 Å². The van der Waals surface area contributed by atoms with E-state index in [-0.39, 0.29) is 11.8 Å². The molecule has 1 amide bonds. The molecule has 3 heterocycles. The van der Waals surface area contributed by atoms with Crippen LogP contribution in [0, 0.1) is 0 Å². The first kappa shape index (κ1) is 10.9. The van der Waals surface area contributed by atoms with Crippen LogP contribution in [-0.2, 0) is 7.05 Å². The first-order valence-corrected chi connectivity index (χ1v) is 5.79. The normalized spacial score (nSPS) is 19.4. The van der Waals surface area contributed by atoms with Gasteiger partial charge in [0.1, 0.15) is 5.69 Å². The van der Waals surface area contributed by atoms with Crippen molar-refractivity contribution in [1.29, 1.82) is 0 Å². The number of carbonyl (C=O) groups is 1. The Kier molecular flexibility index (Phi) is 2.58. The Labute approximate surface area is 103 Å². The fourth-order valence-electron chi connectivity index (χ4n) is 2.26. The van der Waals surface area contributed by atoms with Gasteiger partial charge in [-0.3, -0.25) is 9.48 Å². The smallest absolute Gasteiger partial charge is 0.272 e. The number of rotatable bonds is 2. The quantitative estimate of drug-likeness (QED) is 0.769. The van der Waals surface area contributed by atoms with E-state index in [4.69, 9.17) is 4.52 Å². The van der Waals surface area contributed by atoms with E-state index < -0.39 is 0 Å². The highest BCUT2D eigenvalue weighted by atomic mass is 16.5. The molecule has 94 valence electrons. The summed E-state index contributed by atoms with van der Waals surface area (Å²) in [5.74, 6) is 0.845. The zero-order valence-corrected chi connectivity index (χ0v) is 9.98. The van der Waals surface area contributed by atoms with Crippen LogP contribution in [0.4, 0.5) is 0 Å². The van der Waals surface area contributed by atoms with Gasteiger partial charge in [0.2, 0.25) is 6.39 Å². The number of nitrogens with zero attached hydrogens (tertiary/aromatic N) is 5. The predicted molar refractivity (Wildman–Crippen MR) is 60.8 cm³/mol. The summed E-state index contributed by atoms with van der Waals surface area (Å²) in [5, 5.41) is 7.84. The van der Waals surface area contributed by atoms with E-state index in [0.29, 0.717) is 24.6 Å². The van der Waals surface area contributed by atoms with Crippen molar-refractivity contribution in [3.8, 4) is 0 Å². The summed E-state index contributed by atoms with van der Waals surface area (Å²) in [6, 6.07) is 1.73. The number of carbonyl (C=O) groups excluding carboxylic acids is 1. The molecule has 2 aromatic rings. The molecule has 1 saturated heterocycles. The summed E-state index contributed by atoms with van der Waals surface area (Å²) in [6.45, 7) is 1.34. The summed E-state index contributed by atoms with van der Waals surface area (Å²) < 4.78 is 6.32. The van der Waals surface area contributed by atoms with E-state index in [1.165, 1.54) is 6.39 Å². The van der Waals surface area contributed by atoms with Crippen LogP contribution in [-0.4, -0.2) is 43.8 Å². The molecule has 0 unspecified atom stereocenters. The molecular weight excluding hydrogens is 234 g/mol. The average molecular weight is 247 g/mol. The van der Waals surface area contributed by atoms with Gasteiger partial charge in [0, 0.05) is 32.3 Å². The van der Waals surface area contributed by atoms with Gasteiger partial charge in [-0.15, -0.1) is 0 Å². The number of amides is 1. The fraction of sp³-hybridized carbons (Fsp3) is 0.455. The van der Waals surface area contributed by atoms with Crippen molar-refractivity contribution in [1.82, 2.24) is 24.8 Å². The summed E-state index contributed by atoms with van der Waals surface area (Å²) in [5.41, 5.74) is 0.601. The van der Waals surface area contributed by atoms with Gasteiger partial charge >= 0.3 is 0 Å². The SMILES string of the molecule is Cn1nccc1C(=O)N1CC[C@H](c2ncon2)C1. The number of aryl methyl sites for hydroxylation is 1. The van der Waals surface area contributed by atoms with Gasteiger partial charge in [0.25, 0.3) is 5.91 Å². The molecule has 7 nitrogen and oxygen atoms in total. The Hall–Kier alpha value is -2.18. The molecule has 0 aromatic carbocycles. The van der Waals surface area contributed by atoms with Gasteiger partial charge in [0.15, 0.2) is 5.82 Å². The van der Waals surface area contributed by atoms with E-state index in [2.05, 4.69) is 15.2 Å². The van der Waals surface area contributed by atoms with Crippen molar-refractivity contribution in [2.45, 2.75) is 12.3 Å². The van der Waals surface area contributed by atoms with Crippen molar-refractivity contribution in [3.63, 3.8) is 0 Å². The largest absolute Gasteiger partial charge is 0.343 e. The Bertz CT molecular complexity index is 548. The van der Waals surface area contributed by atoms with E-state index in [0.717, 1.165) is 6.42 Å². The second kappa shape index (κ2) is 4.25. The zero-order valence-electron chi connectivity index (χ0n) is 9.98.